The van der Waals surface area contributed by atoms with E-state index in [0.717, 1.165) is 0 Å². The largest absolute Gasteiger partial charge is 0.452 e. The standard InChI is InChI=1S/C7H15BN3O2/c1-5(9)3-10-8-6-4-11(2)7(12)13-6/h5-6,10H,3-4,9H2,1-2H3. The molecule has 1 heterocycles. The summed E-state index contributed by atoms with van der Waals surface area (Å²) in [4.78, 5) is 12.4. The number of carbonyl (C=O) groups is 1. The second kappa shape index (κ2) is 4.48. The molecule has 0 aliphatic carbocycles. The molecule has 5 nitrogen and oxygen atoms in total. The lowest BCUT2D eigenvalue weighted by Crippen LogP contribution is -2.39. The van der Waals surface area contributed by atoms with E-state index in [1.165, 1.54) is 4.90 Å². The predicted octanol–water partition coefficient (Wildman–Crippen LogP) is -1.05. The maximum Gasteiger partial charge on any atom is 0.409 e. The lowest BCUT2D eigenvalue weighted by Gasteiger charge is -2.09. The molecule has 1 radical (unpaired) electrons. The molecule has 0 aromatic carbocycles. The Morgan fingerprint density at radius 3 is 3.08 bits per heavy atom. The Morgan fingerprint density at radius 2 is 2.62 bits per heavy atom. The van der Waals surface area contributed by atoms with Gasteiger partial charge in [0.25, 0.3) is 7.41 Å². The Kier molecular flexibility index (Phi) is 3.56. The third kappa shape index (κ3) is 3.24. The summed E-state index contributed by atoms with van der Waals surface area (Å²) in [6, 6.07) is -0.0534. The Bertz CT molecular complexity index is 189. The van der Waals surface area contributed by atoms with Crippen molar-refractivity contribution in [2.75, 3.05) is 20.1 Å². The zero-order valence-electron chi connectivity index (χ0n) is 7.99. The highest BCUT2D eigenvalue weighted by Gasteiger charge is 2.28. The van der Waals surface area contributed by atoms with Gasteiger partial charge in [-0.25, -0.2) is 4.79 Å². The second-order valence-corrected chi connectivity index (χ2v) is 3.35. The number of likely N-dealkylation sites (N-methyl/N-ethyl adjacent to an activating group) is 1. The Hall–Kier alpha value is -0.745. The van der Waals surface area contributed by atoms with Crippen LogP contribution in [0.3, 0.4) is 0 Å². The number of hydrogen-bond donors (Lipinski definition) is 2. The van der Waals surface area contributed by atoms with E-state index in [1.807, 2.05) is 6.92 Å². The van der Waals surface area contributed by atoms with Crippen molar-refractivity contribution in [1.82, 2.24) is 10.1 Å². The molecule has 2 unspecified atom stereocenters. The van der Waals surface area contributed by atoms with Crippen LogP contribution in [0.1, 0.15) is 6.92 Å². The second-order valence-electron chi connectivity index (χ2n) is 3.35. The van der Waals surface area contributed by atoms with Gasteiger partial charge in [0, 0.05) is 13.1 Å². The van der Waals surface area contributed by atoms with Crippen molar-refractivity contribution in [3.8, 4) is 0 Å². The smallest absolute Gasteiger partial charge is 0.409 e. The molecule has 1 fully saturated rings. The Labute approximate surface area is 78.9 Å². The molecule has 0 saturated carbocycles. The number of carbonyl (C=O) groups excluding carboxylic acids is 1. The third-order valence-corrected chi connectivity index (χ3v) is 1.76. The lowest BCUT2D eigenvalue weighted by molar-refractivity contribution is 0.154. The normalized spacial score (nSPS) is 24.4. The number of ether oxygens (including phenoxy) is 1. The van der Waals surface area contributed by atoms with E-state index in [1.54, 1.807) is 14.5 Å². The molecule has 6 heteroatoms. The molecular weight excluding hydrogens is 169 g/mol. The zero-order valence-corrected chi connectivity index (χ0v) is 7.99. The van der Waals surface area contributed by atoms with Gasteiger partial charge in [0.05, 0.1) is 6.54 Å². The molecule has 0 aromatic rings. The molecule has 1 saturated heterocycles. The minimum atomic E-state index is -0.274. The average molecular weight is 184 g/mol. The number of cyclic esters (lactones) is 1. The molecule has 1 amide bonds. The average Bonchev–Trinajstić information content (AvgIpc) is 2.30. The molecule has 0 spiro atoms. The van der Waals surface area contributed by atoms with Gasteiger partial charge in [0.1, 0.15) is 6.00 Å². The first-order chi connectivity index (χ1) is 6.09. The van der Waals surface area contributed by atoms with Gasteiger partial charge >= 0.3 is 6.09 Å². The van der Waals surface area contributed by atoms with Crippen molar-refractivity contribution in [3.63, 3.8) is 0 Å². The van der Waals surface area contributed by atoms with Gasteiger partial charge in [-0.1, -0.05) is 0 Å². The fraction of sp³-hybridized carbons (Fsp3) is 0.857. The summed E-state index contributed by atoms with van der Waals surface area (Å²) < 4.78 is 4.98. The van der Waals surface area contributed by atoms with Crippen molar-refractivity contribution in [2.24, 2.45) is 5.73 Å². The van der Waals surface area contributed by atoms with Gasteiger partial charge in [-0.05, 0) is 13.5 Å². The van der Waals surface area contributed by atoms with Crippen molar-refractivity contribution < 1.29 is 9.53 Å². The van der Waals surface area contributed by atoms with E-state index in [2.05, 4.69) is 5.23 Å². The maximum atomic E-state index is 10.9. The molecule has 2 atom stereocenters. The number of hydrogen-bond acceptors (Lipinski definition) is 4. The van der Waals surface area contributed by atoms with Crippen LogP contribution in [0.2, 0.25) is 0 Å². The molecule has 1 aliphatic rings. The van der Waals surface area contributed by atoms with Crippen molar-refractivity contribution in [2.45, 2.75) is 19.0 Å². The number of nitrogens with one attached hydrogen (secondary N) is 1. The van der Waals surface area contributed by atoms with E-state index in [4.69, 9.17) is 10.5 Å². The topological polar surface area (TPSA) is 67.6 Å². The molecule has 3 N–H and O–H groups in total. The predicted molar refractivity (Wildman–Crippen MR) is 50.3 cm³/mol. The van der Waals surface area contributed by atoms with Crippen molar-refractivity contribution in [1.29, 1.82) is 0 Å². The summed E-state index contributed by atoms with van der Waals surface area (Å²) in [7, 11) is 3.48. The van der Waals surface area contributed by atoms with E-state index in [9.17, 15) is 4.79 Å². The number of amides is 1. The maximum absolute atomic E-state index is 10.9. The fourth-order valence-electron chi connectivity index (χ4n) is 1.07. The van der Waals surface area contributed by atoms with Crippen LogP contribution >= 0.6 is 0 Å². The van der Waals surface area contributed by atoms with Gasteiger partial charge < -0.3 is 20.6 Å². The monoisotopic (exact) mass is 184 g/mol. The summed E-state index contributed by atoms with van der Waals surface area (Å²) in [6.45, 7) is 3.20. The van der Waals surface area contributed by atoms with Gasteiger partial charge in [0.15, 0.2) is 0 Å². The summed E-state index contributed by atoms with van der Waals surface area (Å²) in [5, 5.41) is 3.01. The van der Waals surface area contributed by atoms with Crippen LogP contribution in [0.15, 0.2) is 0 Å². The summed E-state index contributed by atoms with van der Waals surface area (Å²) in [5.41, 5.74) is 5.53. The quantitative estimate of drug-likeness (QED) is 0.547. The van der Waals surface area contributed by atoms with E-state index in [-0.39, 0.29) is 18.1 Å². The molecule has 1 aliphatic heterocycles. The van der Waals surface area contributed by atoms with Crippen LogP contribution in [0.4, 0.5) is 4.79 Å². The van der Waals surface area contributed by atoms with Crippen LogP contribution < -0.4 is 11.0 Å². The fourth-order valence-corrected chi connectivity index (χ4v) is 1.07. The first-order valence-corrected chi connectivity index (χ1v) is 4.33. The Balaban J connectivity index is 2.14. The summed E-state index contributed by atoms with van der Waals surface area (Å²) >= 11 is 0. The van der Waals surface area contributed by atoms with Crippen molar-refractivity contribution in [3.05, 3.63) is 0 Å². The number of rotatable bonds is 4. The zero-order chi connectivity index (χ0) is 9.84. The minimum Gasteiger partial charge on any atom is -0.452 e. The third-order valence-electron chi connectivity index (χ3n) is 1.76. The van der Waals surface area contributed by atoms with E-state index in [0.29, 0.717) is 13.1 Å². The van der Waals surface area contributed by atoms with Crippen LogP contribution in [0.5, 0.6) is 0 Å². The first kappa shape index (κ1) is 10.3. The van der Waals surface area contributed by atoms with E-state index < -0.39 is 0 Å². The highest BCUT2D eigenvalue weighted by atomic mass is 16.6. The summed E-state index contributed by atoms with van der Waals surface area (Å²) in [5.74, 6) is 0. The van der Waals surface area contributed by atoms with Crippen molar-refractivity contribution >= 4 is 13.5 Å². The summed E-state index contributed by atoms with van der Waals surface area (Å²) in [6.07, 6.45) is -0.274. The highest BCUT2D eigenvalue weighted by molar-refractivity contribution is 6.34. The van der Waals surface area contributed by atoms with Crippen LogP contribution in [0.25, 0.3) is 0 Å². The number of nitrogens with two attached hydrogens (primary N) is 1. The number of nitrogens with zero attached hydrogens (tertiary/aromatic N) is 1. The van der Waals surface area contributed by atoms with Crippen LogP contribution in [-0.4, -0.2) is 50.6 Å². The van der Waals surface area contributed by atoms with Gasteiger partial charge in [-0.3, -0.25) is 0 Å². The van der Waals surface area contributed by atoms with Crippen LogP contribution in [-0.2, 0) is 4.74 Å². The molecule has 0 aromatic heterocycles. The minimum absolute atomic E-state index is 0.103. The molecule has 13 heavy (non-hydrogen) atoms. The molecule has 73 valence electrons. The van der Waals surface area contributed by atoms with E-state index >= 15 is 0 Å². The SMILES string of the molecule is CC(N)CN[B]C1CN(C)C(=O)O1. The first-order valence-electron chi connectivity index (χ1n) is 4.33. The van der Waals surface area contributed by atoms with Gasteiger partial charge in [0.2, 0.25) is 0 Å². The van der Waals surface area contributed by atoms with Crippen LogP contribution in [0, 0.1) is 0 Å². The van der Waals surface area contributed by atoms with Gasteiger partial charge in [-0.15, -0.1) is 0 Å². The Morgan fingerprint density at radius 1 is 1.92 bits per heavy atom. The lowest BCUT2D eigenvalue weighted by atomic mass is 9.85. The molecule has 0 bridgehead atoms. The highest BCUT2D eigenvalue weighted by Crippen LogP contribution is 2.05. The molecule has 1 rings (SSSR count). The molecular formula is C7H15BN3O2. The van der Waals surface area contributed by atoms with Gasteiger partial charge in [-0.2, -0.15) is 0 Å².